The minimum Gasteiger partial charge on any atom is -0.372 e. The van der Waals surface area contributed by atoms with Crippen LogP contribution in [0.4, 0.5) is 0 Å². The Bertz CT molecular complexity index is 2280. The minimum atomic E-state index is 0.578. The smallest absolute Gasteiger partial charge is 0.0727 e. The summed E-state index contributed by atoms with van der Waals surface area (Å²) in [6.07, 6.45) is 7.40. The highest BCUT2D eigenvalue weighted by Crippen LogP contribution is 2.40. The van der Waals surface area contributed by atoms with Crippen LogP contribution >= 0.6 is 0 Å². The van der Waals surface area contributed by atoms with E-state index in [-0.39, 0.29) is 0 Å². The first kappa shape index (κ1) is 26.6. The van der Waals surface area contributed by atoms with E-state index in [9.17, 15) is 0 Å². The first-order chi connectivity index (χ1) is 22.8. The van der Waals surface area contributed by atoms with Gasteiger partial charge in [0.1, 0.15) is 0 Å². The lowest BCUT2D eigenvalue weighted by atomic mass is 9.90. The van der Waals surface area contributed by atoms with Crippen molar-refractivity contribution in [3.8, 4) is 50.2 Å². The van der Waals surface area contributed by atoms with E-state index in [0.29, 0.717) is 13.2 Å². The van der Waals surface area contributed by atoms with Crippen molar-refractivity contribution in [3.05, 3.63) is 163 Å². The molecule has 218 valence electrons. The zero-order valence-electron chi connectivity index (χ0n) is 25.1. The third kappa shape index (κ3) is 4.50. The van der Waals surface area contributed by atoms with Crippen LogP contribution in [0.25, 0.3) is 72.0 Å². The molecule has 3 aromatic heterocycles. The lowest BCUT2D eigenvalue weighted by molar-refractivity contribution is 0.110. The fourth-order valence-electron chi connectivity index (χ4n) is 6.90. The Labute approximate surface area is 267 Å². The summed E-state index contributed by atoms with van der Waals surface area (Å²) >= 11 is 0. The second-order valence-electron chi connectivity index (χ2n) is 11.8. The van der Waals surface area contributed by atoms with Crippen LogP contribution in [0.15, 0.2) is 152 Å². The maximum atomic E-state index is 6.20. The van der Waals surface area contributed by atoms with Crippen molar-refractivity contribution in [3.63, 3.8) is 0 Å². The summed E-state index contributed by atoms with van der Waals surface area (Å²) in [7, 11) is 0. The summed E-state index contributed by atoms with van der Waals surface area (Å²) in [5.74, 6) is 0. The molecule has 8 aromatic rings. The minimum absolute atomic E-state index is 0.578. The van der Waals surface area contributed by atoms with E-state index >= 15 is 0 Å². The first-order valence-electron chi connectivity index (χ1n) is 15.6. The molecule has 9 rings (SSSR count). The third-order valence-electron chi connectivity index (χ3n) is 9.14. The normalized spacial score (nSPS) is 12.5. The molecule has 0 saturated heterocycles. The highest BCUT2D eigenvalue weighted by atomic mass is 16.5. The number of aromatic nitrogens is 3. The van der Waals surface area contributed by atoms with Crippen molar-refractivity contribution >= 4 is 21.8 Å². The molecule has 5 aromatic carbocycles. The Balaban J connectivity index is 1.23. The van der Waals surface area contributed by atoms with Gasteiger partial charge in [-0.3, -0.25) is 9.97 Å². The maximum Gasteiger partial charge on any atom is 0.0727 e. The van der Waals surface area contributed by atoms with Crippen molar-refractivity contribution in [2.45, 2.75) is 13.2 Å². The molecule has 0 N–H and O–H groups in total. The molecule has 0 amide bonds. The van der Waals surface area contributed by atoms with Crippen LogP contribution in [-0.2, 0) is 18.0 Å². The van der Waals surface area contributed by atoms with Crippen LogP contribution in [0.1, 0.15) is 11.1 Å². The number of benzene rings is 5. The van der Waals surface area contributed by atoms with Crippen molar-refractivity contribution < 1.29 is 4.74 Å². The molecule has 0 saturated carbocycles. The fraction of sp³-hybridized carbons (Fsp3) is 0.0476. The predicted octanol–water partition coefficient (Wildman–Crippen LogP) is 10.3. The summed E-state index contributed by atoms with van der Waals surface area (Å²) in [6, 6.07) is 46.0. The molecule has 4 heteroatoms. The quantitative estimate of drug-likeness (QED) is 0.204. The Hall–Kier alpha value is -5.84. The van der Waals surface area contributed by atoms with E-state index in [1.54, 1.807) is 0 Å². The summed E-state index contributed by atoms with van der Waals surface area (Å²) in [5.41, 5.74) is 15.3. The molecule has 0 unspecified atom stereocenters. The SMILES string of the molecule is c1ccc2c(c1)c1ccccc1n2-c1ccc2c(c1)-c1cc(-c3cc(-c4ccncc4)cc(-c4ccncc4)c3)ccc1COC2. The summed E-state index contributed by atoms with van der Waals surface area (Å²) < 4.78 is 8.59. The maximum absolute atomic E-state index is 6.20. The lowest BCUT2D eigenvalue weighted by Crippen LogP contribution is -1.97. The molecule has 0 bridgehead atoms. The zero-order valence-corrected chi connectivity index (χ0v) is 25.1. The molecular formula is C42H29N3O. The number of nitrogens with zero attached hydrogens (tertiary/aromatic N) is 3. The van der Waals surface area contributed by atoms with Gasteiger partial charge in [0.05, 0.1) is 24.2 Å². The van der Waals surface area contributed by atoms with Crippen LogP contribution in [0, 0.1) is 0 Å². The predicted molar refractivity (Wildman–Crippen MR) is 187 cm³/mol. The van der Waals surface area contributed by atoms with E-state index in [4.69, 9.17) is 4.74 Å². The van der Waals surface area contributed by atoms with Gasteiger partial charge in [-0.05, 0) is 128 Å². The van der Waals surface area contributed by atoms with Crippen molar-refractivity contribution in [2.24, 2.45) is 0 Å². The van der Waals surface area contributed by atoms with Gasteiger partial charge >= 0.3 is 0 Å². The van der Waals surface area contributed by atoms with Crippen LogP contribution in [0.3, 0.4) is 0 Å². The topological polar surface area (TPSA) is 39.9 Å². The number of hydrogen-bond donors (Lipinski definition) is 0. The van der Waals surface area contributed by atoms with Crippen LogP contribution < -0.4 is 0 Å². The van der Waals surface area contributed by atoms with E-state index in [2.05, 4.69) is 142 Å². The molecule has 0 atom stereocenters. The third-order valence-corrected chi connectivity index (χ3v) is 9.14. The number of rotatable bonds is 4. The molecule has 4 nitrogen and oxygen atoms in total. The fourth-order valence-corrected chi connectivity index (χ4v) is 6.90. The molecule has 1 aliphatic heterocycles. The van der Waals surface area contributed by atoms with Crippen LogP contribution in [0.5, 0.6) is 0 Å². The lowest BCUT2D eigenvalue weighted by Gasteiger charge is -2.16. The Morgan fingerprint density at radius 1 is 0.435 bits per heavy atom. The van der Waals surface area contributed by atoms with Crippen molar-refractivity contribution in [1.29, 1.82) is 0 Å². The number of ether oxygens (including phenoxy) is 1. The zero-order chi connectivity index (χ0) is 30.5. The largest absolute Gasteiger partial charge is 0.372 e. The van der Waals surface area contributed by atoms with Gasteiger partial charge in [-0.25, -0.2) is 0 Å². The monoisotopic (exact) mass is 591 g/mol. The second kappa shape index (κ2) is 11.0. The van der Waals surface area contributed by atoms with Crippen LogP contribution in [0.2, 0.25) is 0 Å². The highest BCUT2D eigenvalue weighted by Gasteiger charge is 2.19. The van der Waals surface area contributed by atoms with Gasteiger partial charge in [-0.2, -0.15) is 0 Å². The molecule has 46 heavy (non-hydrogen) atoms. The Morgan fingerprint density at radius 3 is 1.52 bits per heavy atom. The van der Waals surface area contributed by atoms with Gasteiger partial charge in [0.25, 0.3) is 0 Å². The summed E-state index contributed by atoms with van der Waals surface area (Å²) in [5, 5.41) is 2.52. The molecular weight excluding hydrogens is 562 g/mol. The standard InChI is InChI=1S/C42H29N3O/c1-3-7-41-37(5-1)38-6-2-4-8-42(38)45(41)36-12-11-32-27-46-26-31-10-9-30(24-39(31)40(32)25-36)35-22-33(28-13-17-43-18-14-28)21-34(23-35)29-15-19-44-20-16-29/h1-25H,26-27H2. The highest BCUT2D eigenvalue weighted by molar-refractivity contribution is 6.09. The molecule has 0 spiro atoms. The van der Waals surface area contributed by atoms with Gasteiger partial charge in [0.2, 0.25) is 0 Å². The average molecular weight is 592 g/mol. The summed E-state index contributed by atoms with van der Waals surface area (Å²) in [6.45, 7) is 1.16. The van der Waals surface area contributed by atoms with E-state index in [1.807, 2.05) is 24.8 Å². The molecule has 4 heterocycles. The van der Waals surface area contributed by atoms with Gasteiger partial charge < -0.3 is 9.30 Å². The molecule has 0 radical (unpaired) electrons. The second-order valence-corrected chi connectivity index (χ2v) is 11.8. The molecule has 1 aliphatic rings. The van der Waals surface area contributed by atoms with Gasteiger partial charge in [-0.1, -0.05) is 54.6 Å². The van der Waals surface area contributed by atoms with Crippen molar-refractivity contribution in [2.75, 3.05) is 0 Å². The molecule has 0 aliphatic carbocycles. The van der Waals surface area contributed by atoms with Gasteiger partial charge in [0, 0.05) is 41.2 Å². The summed E-state index contributed by atoms with van der Waals surface area (Å²) in [4.78, 5) is 8.50. The number of pyridine rings is 2. The number of hydrogen-bond acceptors (Lipinski definition) is 3. The van der Waals surface area contributed by atoms with Crippen molar-refractivity contribution in [1.82, 2.24) is 14.5 Å². The Kier molecular flexibility index (Phi) is 6.32. The van der Waals surface area contributed by atoms with E-state index in [0.717, 1.165) is 33.5 Å². The van der Waals surface area contributed by atoms with Crippen LogP contribution in [-0.4, -0.2) is 14.5 Å². The first-order valence-corrected chi connectivity index (χ1v) is 15.6. The van der Waals surface area contributed by atoms with Gasteiger partial charge in [0.15, 0.2) is 0 Å². The van der Waals surface area contributed by atoms with Gasteiger partial charge in [-0.15, -0.1) is 0 Å². The van der Waals surface area contributed by atoms with E-state index < -0.39 is 0 Å². The average Bonchev–Trinajstić information content (AvgIpc) is 3.35. The van der Waals surface area contributed by atoms with E-state index in [1.165, 1.54) is 49.6 Å². The Morgan fingerprint density at radius 2 is 0.935 bits per heavy atom. The number of para-hydroxylation sites is 2. The number of fused-ring (bicyclic) bond motifs is 6. The molecule has 0 fully saturated rings.